The number of rotatable bonds is 9. The Hall–Kier alpha value is -4.13. The minimum absolute atomic E-state index is 0.00422. The van der Waals surface area contributed by atoms with E-state index in [4.69, 9.17) is 21.1 Å². The molecule has 1 unspecified atom stereocenters. The third-order valence-corrected chi connectivity index (χ3v) is 10.9. The van der Waals surface area contributed by atoms with Gasteiger partial charge in [-0.3, -0.25) is 14.4 Å². The number of anilines is 1. The van der Waals surface area contributed by atoms with Crippen LogP contribution in [0.3, 0.4) is 0 Å². The predicted molar refractivity (Wildman–Crippen MR) is 188 cm³/mol. The maximum absolute atomic E-state index is 14.7. The van der Waals surface area contributed by atoms with Gasteiger partial charge in [0.25, 0.3) is 27.7 Å². The molecule has 1 fully saturated rings. The van der Waals surface area contributed by atoms with Gasteiger partial charge in [0.2, 0.25) is 0 Å². The highest BCUT2D eigenvalue weighted by atomic mass is 35.5. The van der Waals surface area contributed by atoms with Crippen molar-refractivity contribution in [3.8, 4) is 11.5 Å². The van der Waals surface area contributed by atoms with E-state index in [0.29, 0.717) is 23.5 Å². The second-order valence-corrected chi connectivity index (χ2v) is 15.8. The van der Waals surface area contributed by atoms with Gasteiger partial charge < -0.3 is 25.0 Å². The molecule has 2 aliphatic heterocycles. The number of hydrogen-bond donors (Lipinski definition) is 2. The van der Waals surface area contributed by atoms with Crippen LogP contribution in [0.5, 0.6) is 11.5 Å². The molecule has 49 heavy (non-hydrogen) atoms. The molecule has 3 aromatic rings. The number of fused-ring (bicyclic) bond motifs is 1. The fourth-order valence-electron chi connectivity index (χ4n) is 6.28. The summed E-state index contributed by atoms with van der Waals surface area (Å²) in [5.74, 6) is -1.09. The first-order valence-corrected chi connectivity index (χ1v) is 18.0. The highest BCUT2D eigenvalue weighted by Crippen LogP contribution is 2.51. The van der Waals surface area contributed by atoms with Crippen molar-refractivity contribution in [2.24, 2.45) is 0 Å². The summed E-state index contributed by atoms with van der Waals surface area (Å²) in [6, 6.07) is 13.3. The van der Waals surface area contributed by atoms with E-state index in [1.54, 1.807) is 37.3 Å². The molecule has 11 nitrogen and oxygen atoms in total. The molecule has 3 amide bonds. The maximum atomic E-state index is 14.7. The number of carbonyl (C=O) groups excluding carboxylic acids is 3. The van der Waals surface area contributed by atoms with Crippen molar-refractivity contribution in [3.63, 3.8) is 0 Å². The van der Waals surface area contributed by atoms with Crippen LogP contribution in [-0.2, 0) is 20.2 Å². The molecule has 0 bridgehead atoms. The quantitative estimate of drug-likeness (QED) is 0.312. The molecule has 3 aromatic carbocycles. The minimum atomic E-state index is -4.57. The van der Waals surface area contributed by atoms with Gasteiger partial charge in [0.15, 0.2) is 0 Å². The van der Waals surface area contributed by atoms with Crippen molar-refractivity contribution in [3.05, 3.63) is 81.9 Å². The van der Waals surface area contributed by atoms with E-state index in [9.17, 15) is 22.8 Å². The molecule has 2 N–H and O–H groups in total. The Morgan fingerprint density at radius 3 is 2.33 bits per heavy atom. The normalized spacial score (nSPS) is 18.6. The molecular weight excluding hydrogens is 668 g/mol. The van der Waals surface area contributed by atoms with Gasteiger partial charge >= 0.3 is 0 Å². The first-order chi connectivity index (χ1) is 23.0. The van der Waals surface area contributed by atoms with Gasteiger partial charge in [-0.25, -0.2) is 12.7 Å². The van der Waals surface area contributed by atoms with Gasteiger partial charge in [0.1, 0.15) is 16.9 Å². The summed E-state index contributed by atoms with van der Waals surface area (Å²) in [6.07, 6.45) is 1.62. The minimum Gasteiger partial charge on any atom is -0.496 e. The molecule has 262 valence electrons. The van der Waals surface area contributed by atoms with E-state index in [0.717, 1.165) is 30.2 Å². The molecule has 0 saturated carbocycles. The summed E-state index contributed by atoms with van der Waals surface area (Å²) in [4.78, 5) is 43.1. The van der Waals surface area contributed by atoms with Gasteiger partial charge in [-0.1, -0.05) is 11.6 Å². The molecule has 0 radical (unpaired) electrons. The van der Waals surface area contributed by atoms with E-state index >= 15 is 0 Å². The van der Waals surface area contributed by atoms with Gasteiger partial charge in [-0.2, -0.15) is 0 Å². The molecule has 0 spiro atoms. The highest BCUT2D eigenvalue weighted by Gasteiger charge is 2.54. The lowest BCUT2D eigenvalue weighted by molar-refractivity contribution is -0.120. The number of methoxy groups -OCH3 is 1. The van der Waals surface area contributed by atoms with Crippen molar-refractivity contribution in [1.82, 2.24) is 15.5 Å². The van der Waals surface area contributed by atoms with Gasteiger partial charge in [0.05, 0.1) is 29.9 Å². The summed E-state index contributed by atoms with van der Waals surface area (Å²) in [6.45, 7) is 11.0. The van der Waals surface area contributed by atoms with Crippen LogP contribution in [0.2, 0.25) is 5.02 Å². The van der Waals surface area contributed by atoms with Crippen LogP contribution in [0, 0.1) is 0 Å². The van der Waals surface area contributed by atoms with Crippen molar-refractivity contribution in [1.29, 1.82) is 0 Å². The molecule has 1 atom stereocenters. The monoisotopic (exact) mass is 710 g/mol. The Morgan fingerprint density at radius 2 is 1.69 bits per heavy atom. The average Bonchev–Trinajstić information content (AvgIpc) is 3.27. The molecule has 1 saturated heterocycles. The van der Waals surface area contributed by atoms with E-state index in [1.165, 1.54) is 31.4 Å². The van der Waals surface area contributed by atoms with Crippen LogP contribution in [0.4, 0.5) is 5.69 Å². The third kappa shape index (κ3) is 6.99. The number of sulfonamides is 1. The number of benzene rings is 3. The first kappa shape index (κ1) is 36.2. The van der Waals surface area contributed by atoms with Crippen LogP contribution in [0.15, 0.2) is 59.5 Å². The van der Waals surface area contributed by atoms with Crippen LogP contribution in [0.25, 0.3) is 0 Å². The lowest BCUT2D eigenvalue weighted by atomic mass is 9.76. The number of amides is 3. The fraction of sp³-hybridized carbons (Fsp3) is 0.417. The number of hydrogen-bond acceptors (Lipinski definition) is 8. The van der Waals surface area contributed by atoms with Crippen molar-refractivity contribution in [2.45, 2.75) is 69.4 Å². The molecule has 13 heteroatoms. The van der Waals surface area contributed by atoms with E-state index in [1.807, 2.05) is 34.7 Å². The topological polar surface area (TPSA) is 134 Å². The lowest BCUT2D eigenvalue weighted by Gasteiger charge is -2.30. The Kier molecular flexibility index (Phi) is 10.1. The van der Waals surface area contributed by atoms with Crippen LogP contribution in [-0.4, -0.2) is 76.5 Å². The maximum Gasteiger partial charge on any atom is 0.271 e. The average molecular weight is 711 g/mol. The number of ether oxygens (including phenoxy) is 2. The summed E-state index contributed by atoms with van der Waals surface area (Å²) in [5, 5.41) is 6.12. The molecule has 0 aliphatic carbocycles. The lowest BCUT2D eigenvalue weighted by Crippen LogP contribution is -2.44. The number of halogens is 1. The number of piperidine rings is 1. The van der Waals surface area contributed by atoms with Gasteiger partial charge in [-0.05, 0) is 122 Å². The smallest absolute Gasteiger partial charge is 0.271 e. The third-order valence-electron chi connectivity index (χ3n) is 8.91. The van der Waals surface area contributed by atoms with Crippen LogP contribution < -0.4 is 24.4 Å². The second kappa shape index (κ2) is 13.6. The van der Waals surface area contributed by atoms with E-state index < -0.39 is 32.8 Å². The van der Waals surface area contributed by atoms with Gasteiger partial charge in [-0.15, -0.1) is 0 Å². The van der Waals surface area contributed by atoms with Crippen LogP contribution in [0.1, 0.15) is 79.3 Å². The predicted octanol–water partition coefficient (Wildman–Crippen LogP) is 5.14. The second-order valence-electron chi connectivity index (χ2n) is 13.6. The van der Waals surface area contributed by atoms with E-state index in [-0.39, 0.29) is 44.4 Å². The number of carbonyl (C=O) groups is 3. The van der Waals surface area contributed by atoms with Crippen molar-refractivity contribution >= 4 is 45.0 Å². The number of nitrogens with one attached hydrogen (secondary N) is 2. The first-order valence-electron chi connectivity index (χ1n) is 16.2. The zero-order valence-electron chi connectivity index (χ0n) is 28.8. The highest BCUT2D eigenvalue weighted by molar-refractivity contribution is 7.93. The molecule has 0 aromatic heterocycles. The Balaban J connectivity index is 1.59. The Labute approximate surface area is 292 Å². The van der Waals surface area contributed by atoms with Crippen molar-refractivity contribution in [2.75, 3.05) is 38.2 Å². The number of nitrogens with zero attached hydrogens (tertiary/aromatic N) is 2. The Morgan fingerprint density at radius 1 is 1.00 bits per heavy atom. The molecule has 2 aliphatic rings. The van der Waals surface area contributed by atoms with E-state index in [2.05, 4.69) is 15.5 Å². The molecule has 2 heterocycles. The Bertz CT molecular complexity index is 1900. The molecule has 5 rings (SSSR count). The SMILES string of the molecule is CCOc1ccc2c(c1)C(C)(c1cc(C(=O)NC3CCN(C)CC3)ccc1Cl)C(=O)N2S(=O)(=O)c1ccc(C(=O)NC(C)(C)C)c(OC)c1. The van der Waals surface area contributed by atoms with Gasteiger partial charge in [0, 0.05) is 33.8 Å². The van der Waals surface area contributed by atoms with Crippen molar-refractivity contribution < 1.29 is 32.3 Å². The standard InChI is InChI=1S/C36H43ClN4O7S/c1-8-48-24-10-14-30-28(20-24)36(5,27-19-22(9-13-29(27)37)32(42)38-23-15-17-40(6)18-16-23)34(44)41(30)49(45,46)25-11-12-26(31(21-25)47-7)33(43)39-35(2,3)4/h9-14,19-21,23H,8,15-18H2,1-7H3,(H,38,42)(H,39,43). The van der Waals surface area contributed by atoms with Crippen LogP contribution >= 0.6 is 11.6 Å². The largest absolute Gasteiger partial charge is 0.496 e. The zero-order chi connectivity index (χ0) is 35.9. The molecular formula is C36H43ClN4O7S. The fourth-order valence-corrected chi connectivity index (χ4v) is 8.11. The number of likely N-dealkylation sites (tertiary alicyclic amines) is 1. The summed E-state index contributed by atoms with van der Waals surface area (Å²) in [7, 11) is -1.20. The summed E-state index contributed by atoms with van der Waals surface area (Å²) in [5.41, 5.74) is -1.02. The zero-order valence-corrected chi connectivity index (χ0v) is 30.4. The summed E-state index contributed by atoms with van der Waals surface area (Å²) >= 11 is 6.78. The summed E-state index contributed by atoms with van der Waals surface area (Å²) < 4.78 is 40.8.